The fourth-order valence-corrected chi connectivity index (χ4v) is 3.04. The number of rotatable bonds is 4. The molecule has 3 N–H and O–H groups in total. The van der Waals surface area contributed by atoms with E-state index >= 15 is 0 Å². The van der Waals surface area contributed by atoms with Crippen molar-refractivity contribution in [3.8, 4) is 0 Å². The molecule has 1 aliphatic carbocycles. The topological polar surface area (TPSA) is 50.9 Å². The minimum atomic E-state index is -2.47. The van der Waals surface area contributed by atoms with E-state index in [1.807, 2.05) is 6.20 Å². The highest BCUT2D eigenvalue weighted by molar-refractivity contribution is 7.09. The molecule has 0 amide bonds. The Morgan fingerprint density at radius 2 is 2.24 bits per heavy atom. The molecule has 1 heterocycles. The van der Waals surface area contributed by atoms with Crippen LogP contribution in [0.1, 0.15) is 30.6 Å². The summed E-state index contributed by atoms with van der Waals surface area (Å²) >= 11 is 1.58. The molecule has 0 aliphatic heterocycles. The Morgan fingerprint density at radius 1 is 1.53 bits per heavy atom. The molecule has 1 saturated carbocycles. The molecule has 0 bridgehead atoms. The van der Waals surface area contributed by atoms with Gasteiger partial charge in [0.1, 0.15) is 0 Å². The van der Waals surface area contributed by atoms with Crippen molar-refractivity contribution in [1.29, 1.82) is 0 Å². The Balaban J connectivity index is 1.91. The van der Waals surface area contributed by atoms with Gasteiger partial charge in [0, 0.05) is 36.4 Å². The van der Waals surface area contributed by atoms with Gasteiger partial charge in [0.25, 0.3) is 0 Å². The predicted octanol–water partition coefficient (Wildman–Crippen LogP) is 2.34. The number of alkyl halides is 2. The van der Waals surface area contributed by atoms with Gasteiger partial charge in [-0.25, -0.2) is 8.78 Å². The largest absolute Gasteiger partial charge is 0.271 e. The van der Waals surface area contributed by atoms with Gasteiger partial charge in [0.2, 0.25) is 5.92 Å². The minimum Gasteiger partial charge on any atom is -0.271 e. The van der Waals surface area contributed by atoms with Crippen molar-refractivity contribution >= 4 is 11.3 Å². The minimum absolute atomic E-state index is 0.0153. The number of halogens is 2. The summed E-state index contributed by atoms with van der Waals surface area (Å²) in [7, 11) is 0. The van der Waals surface area contributed by atoms with E-state index < -0.39 is 5.92 Å². The van der Waals surface area contributed by atoms with Crippen LogP contribution in [-0.2, 0) is 6.42 Å². The van der Waals surface area contributed by atoms with E-state index in [9.17, 15) is 8.78 Å². The zero-order valence-electron chi connectivity index (χ0n) is 9.53. The summed E-state index contributed by atoms with van der Waals surface area (Å²) in [5.41, 5.74) is 4.55. The SMILES string of the molecule is NNC(Cc1cncs1)C1CCC(F)(F)CC1. The fraction of sp³-hybridized carbons (Fsp3) is 0.727. The van der Waals surface area contributed by atoms with Crippen LogP contribution in [0.5, 0.6) is 0 Å². The fourth-order valence-electron chi connectivity index (χ4n) is 2.39. The van der Waals surface area contributed by atoms with E-state index in [0.29, 0.717) is 12.8 Å². The molecule has 0 saturated heterocycles. The number of hydrazine groups is 1. The smallest absolute Gasteiger partial charge is 0.248 e. The second-order valence-corrected chi connectivity index (χ2v) is 5.61. The molecule has 0 radical (unpaired) electrons. The number of nitrogens with two attached hydrogens (primary N) is 1. The molecule has 1 unspecified atom stereocenters. The lowest BCUT2D eigenvalue weighted by Crippen LogP contribution is -2.44. The molecule has 3 nitrogen and oxygen atoms in total. The number of hydrogen-bond donors (Lipinski definition) is 2. The van der Waals surface area contributed by atoms with Crippen LogP contribution in [0.4, 0.5) is 8.78 Å². The lowest BCUT2D eigenvalue weighted by molar-refractivity contribution is -0.0495. The van der Waals surface area contributed by atoms with Gasteiger partial charge in [-0.05, 0) is 18.8 Å². The molecule has 96 valence electrons. The van der Waals surface area contributed by atoms with Crippen LogP contribution >= 0.6 is 11.3 Å². The number of hydrogen-bond acceptors (Lipinski definition) is 4. The molecule has 0 spiro atoms. The second-order valence-electron chi connectivity index (χ2n) is 4.64. The first-order valence-electron chi connectivity index (χ1n) is 5.82. The van der Waals surface area contributed by atoms with Crippen molar-refractivity contribution in [1.82, 2.24) is 10.4 Å². The van der Waals surface area contributed by atoms with Gasteiger partial charge in [-0.3, -0.25) is 16.3 Å². The molecule has 17 heavy (non-hydrogen) atoms. The monoisotopic (exact) mass is 261 g/mol. The number of nitrogens with one attached hydrogen (secondary N) is 1. The first-order chi connectivity index (χ1) is 8.11. The Hall–Kier alpha value is -0.590. The van der Waals surface area contributed by atoms with E-state index in [-0.39, 0.29) is 24.8 Å². The number of aromatic nitrogens is 1. The van der Waals surface area contributed by atoms with Gasteiger partial charge < -0.3 is 0 Å². The molecule has 1 aromatic heterocycles. The van der Waals surface area contributed by atoms with Crippen LogP contribution in [0, 0.1) is 5.92 Å². The summed E-state index contributed by atoms with van der Waals surface area (Å²) in [4.78, 5) is 5.15. The van der Waals surface area contributed by atoms with Crippen molar-refractivity contribution in [2.45, 2.75) is 44.1 Å². The Morgan fingerprint density at radius 3 is 2.76 bits per heavy atom. The number of thiazole rings is 1. The van der Waals surface area contributed by atoms with Crippen molar-refractivity contribution < 1.29 is 8.78 Å². The Labute approximate surface area is 103 Å². The second kappa shape index (κ2) is 5.37. The third-order valence-corrected chi connectivity index (χ3v) is 4.25. The molecule has 1 aliphatic rings. The van der Waals surface area contributed by atoms with E-state index in [1.54, 1.807) is 16.8 Å². The van der Waals surface area contributed by atoms with Crippen LogP contribution < -0.4 is 11.3 Å². The van der Waals surface area contributed by atoms with Crippen LogP contribution in [0.25, 0.3) is 0 Å². The van der Waals surface area contributed by atoms with Gasteiger partial charge in [0.15, 0.2) is 0 Å². The summed E-state index contributed by atoms with van der Waals surface area (Å²) in [5, 5.41) is 0. The molecular weight excluding hydrogens is 244 g/mol. The highest BCUT2D eigenvalue weighted by Gasteiger charge is 2.37. The van der Waals surface area contributed by atoms with Gasteiger partial charge in [-0.15, -0.1) is 11.3 Å². The van der Waals surface area contributed by atoms with Crippen LogP contribution in [-0.4, -0.2) is 16.9 Å². The van der Waals surface area contributed by atoms with Crippen LogP contribution in [0.3, 0.4) is 0 Å². The van der Waals surface area contributed by atoms with Crippen molar-refractivity contribution in [2.24, 2.45) is 11.8 Å². The summed E-state index contributed by atoms with van der Waals surface area (Å²) in [6.07, 6.45) is 3.64. The first-order valence-corrected chi connectivity index (χ1v) is 6.70. The average Bonchev–Trinajstić information content (AvgIpc) is 2.79. The lowest BCUT2D eigenvalue weighted by Gasteiger charge is -2.33. The third-order valence-electron chi connectivity index (χ3n) is 3.45. The highest BCUT2D eigenvalue weighted by Crippen LogP contribution is 2.37. The molecule has 2 rings (SSSR count). The third kappa shape index (κ3) is 3.43. The summed E-state index contributed by atoms with van der Waals surface area (Å²) < 4.78 is 26.1. The van der Waals surface area contributed by atoms with E-state index in [0.717, 1.165) is 11.3 Å². The average molecular weight is 261 g/mol. The Kier molecular flexibility index (Phi) is 4.06. The standard InChI is InChI=1S/C11H17F2N3S/c12-11(13)3-1-8(2-4-11)10(16-14)5-9-6-15-7-17-9/h6-8,10,16H,1-5,14H2. The lowest BCUT2D eigenvalue weighted by atomic mass is 9.81. The highest BCUT2D eigenvalue weighted by atomic mass is 32.1. The summed E-state index contributed by atoms with van der Waals surface area (Å²) in [5.74, 6) is 3.30. The number of nitrogens with zero attached hydrogens (tertiary/aromatic N) is 1. The van der Waals surface area contributed by atoms with Crippen LogP contribution in [0.2, 0.25) is 0 Å². The van der Waals surface area contributed by atoms with E-state index in [4.69, 9.17) is 5.84 Å². The zero-order valence-corrected chi connectivity index (χ0v) is 10.4. The van der Waals surface area contributed by atoms with Gasteiger partial charge >= 0.3 is 0 Å². The van der Waals surface area contributed by atoms with Crippen molar-refractivity contribution in [3.05, 3.63) is 16.6 Å². The first kappa shape index (κ1) is 12.9. The van der Waals surface area contributed by atoms with E-state index in [1.165, 1.54) is 0 Å². The van der Waals surface area contributed by atoms with Gasteiger partial charge in [0.05, 0.1) is 5.51 Å². The maximum Gasteiger partial charge on any atom is 0.248 e. The van der Waals surface area contributed by atoms with Crippen molar-refractivity contribution in [3.63, 3.8) is 0 Å². The Bertz CT molecular complexity index is 332. The maximum absolute atomic E-state index is 13.1. The summed E-state index contributed by atoms with van der Waals surface area (Å²) in [6, 6.07) is 0.0755. The maximum atomic E-state index is 13.1. The molecule has 0 aromatic carbocycles. The molecular formula is C11H17F2N3S. The van der Waals surface area contributed by atoms with Gasteiger partial charge in [-0.2, -0.15) is 0 Å². The normalized spacial score (nSPS) is 22.5. The van der Waals surface area contributed by atoms with Crippen LogP contribution in [0.15, 0.2) is 11.7 Å². The molecule has 6 heteroatoms. The van der Waals surface area contributed by atoms with Gasteiger partial charge in [-0.1, -0.05) is 0 Å². The molecule has 1 atom stereocenters. The molecule has 1 aromatic rings. The van der Waals surface area contributed by atoms with E-state index in [2.05, 4.69) is 10.4 Å². The quantitative estimate of drug-likeness (QED) is 0.646. The van der Waals surface area contributed by atoms with Crippen molar-refractivity contribution in [2.75, 3.05) is 0 Å². The summed E-state index contributed by atoms with van der Waals surface area (Å²) in [6.45, 7) is 0. The zero-order chi connectivity index (χ0) is 12.3. The predicted molar refractivity (Wildman–Crippen MR) is 63.8 cm³/mol. The molecule has 1 fully saturated rings.